The number of hydrogen-bond acceptors (Lipinski definition) is 6. The molecule has 0 spiro atoms. The van der Waals surface area contributed by atoms with Crippen LogP contribution in [0.1, 0.15) is 64.4 Å². The lowest BCUT2D eigenvalue weighted by Gasteiger charge is -2.58. The van der Waals surface area contributed by atoms with Gasteiger partial charge in [-0.15, -0.1) is 0 Å². The molecule has 6 rings (SSSR count). The van der Waals surface area contributed by atoms with Crippen LogP contribution >= 0.6 is 7.75 Å². The summed E-state index contributed by atoms with van der Waals surface area (Å²) in [5.74, 6) is 1.82. The molecule has 8 heteroatoms. The summed E-state index contributed by atoms with van der Waals surface area (Å²) in [5, 5.41) is 2.72. The van der Waals surface area contributed by atoms with Crippen molar-refractivity contribution in [2.45, 2.75) is 64.9 Å². The van der Waals surface area contributed by atoms with Crippen molar-refractivity contribution >= 4 is 19.3 Å². The normalized spacial score (nSPS) is 33.7. The zero-order valence-corrected chi connectivity index (χ0v) is 25.1. The van der Waals surface area contributed by atoms with Crippen LogP contribution in [0.25, 0.3) is 5.57 Å². The molecule has 1 aromatic carbocycles. The zero-order valence-electron chi connectivity index (χ0n) is 24.3. The molecule has 0 bridgehead atoms. The lowest BCUT2D eigenvalue weighted by molar-refractivity contribution is -0.139. The molecule has 2 aromatic rings. The van der Waals surface area contributed by atoms with Crippen LogP contribution in [0.2, 0.25) is 0 Å². The Morgan fingerprint density at radius 3 is 2.59 bits per heavy atom. The topological polar surface area (TPSA) is 86.8 Å². The molecular formula is C33H41N2O5P. The van der Waals surface area contributed by atoms with Crippen molar-refractivity contribution in [3.05, 3.63) is 78.1 Å². The average molecular weight is 577 g/mol. The van der Waals surface area contributed by atoms with Crippen LogP contribution in [0.5, 0.6) is 5.75 Å². The van der Waals surface area contributed by atoms with Crippen LogP contribution in [-0.2, 0) is 18.6 Å². The lowest BCUT2D eigenvalue weighted by atomic mass is 9.47. The number of carbonyl (C=O) groups is 1. The molecule has 1 heterocycles. The number of para-hydroxylation sites is 1. The van der Waals surface area contributed by atoms with E-state index in [4.69, 9.17) is 13.8 Å². The van der Waals surface area contributed by atoms with Gasteiger partial charge in [0.05, 0.1) is 13.2 Å². The minimum absolute atomic E-state index is 0.116. The molecule has 2 saturated carbocycles. The van der Waals surface area contributed by atoms with Gasteiger partial charge < -0.3 is 9.26 Å². The van der Waals surface area contributed by atoms with Gasteiger partial charge in [0.15, 0.2) is 0 Å². The Kier molecular flexibility index (Phi) is 7.73. The van der Waals surface area contributed by atoms with Gasteiger partial charge in [-0.25, -0.2) is 9.65 Å². The minimum Gasteiger partial charge on any atom is -0.468 e. The number of pyridine rings is 1. The van der Waals surface area contributed by atoms with Crippen LogP contribution in [0.15, 0.2) is 72.6 Å². The van der Waals surface area contributed by atoms with Gasteiger partial charge in [-0.2, -0.15) is 0 Å². The summed E-state index contributed by atoms with van der Waals surface area (Å²) in [7, 11) is -2.53. The maximum absolute atomic E-state index is 13.9. The fourth-order valence-corrected chi connectivity index (χ4v) is 9.87. The highest BCUT2D eigenvalue weighted by atomic mass is 31.2. The maximum atomic E-state index is 13.9. The smallest absolute Gasteiger partial charge is 0.459 e. The number of aromatic nitrogens is 1. The Morgan fingerprint density at radius 1 is 1.02 bits per heavy atom. The van der Waals surface area contributed by atoms with Gasteiger partial charge in [0, 0.05) is 12.4 Å². The Bertz CT molecular complexity index is 1380. The largest absolute Gasteiger partial charge is 0.468 e. The molecule has 41 heavy (non-hydrogen) atoms. The lowest BCUT2D eigenvalue weighted by Crippen LogP contribution is -2.50. The van der Waals surface area contributed by atoms with E-state index in [0.29, 0.717) is 23.5 Å². The second-order valence-corrected chi connectivity index (χ2v) is 14.3. The van der Waals surface area contributed by atoms with Crippen LogP contribution in [-0.4, -0.2) is 30.7 Å². The number of fused-ring (bicyclic) bond motifs is 5. The maximum Gasteiger partial charge on any atom is 0.459 e. The van der Waals surface area contributed by atoms with Gasteiger partial charge >= 0.3 is 13.7 Å². The number of hydrogen-bond donors (Lipinski definition) is 1. The van der Waals surface area contributed by atoms with Gasteiger partial charge in [-0.1, -0.05) is 55.8 Å². The van der Waals surface area contributed by atoms with Gasteiger partial charge in [0.2, 0.25) is 0 Å². The van der Waals surface area contributed by atoms with Gasteiger partial charge in [0.1, 0.15) is 12.3 Å². The number of esters is 1. The van der Waals surface area contributed by atoms with E-state index in [9.17, 15) is 9.36 Å². The third kappa shape index (κ3) is 5.33. The second-order valence-electron chi connectivity index (χ2n) is 12.6. The monoisotopic (exact) mass is 576 g/mol. The van der Waals surface area contributed by atoms with Crippen LogP contribution in [0.4, 0.5) is 0 Å². The fraction of sp³-hybridized carbons (Fsp3) is 0.515. The molecule has 0 amide bonds. The minimum atomic E-state index is -3.82. The molecule has 0 saturated heterocycles. The predicted octanol–water partition coefficient (Wildman–Crippen LogP) is 7.37. The van der Waals surface area contributed by atoms with E-state index in [2.05, 4.69) is 42.1 Å². The van der Waals surface area contributed by atoms with Crippen molar-refractivity contribution in [3.63, 3.8) is 0 Å². The Labute approximate surface area is 243 Å². The molecule has 0 aliphatic heterocycles. The third-order valence-electron chi connectivity index (χ3n) is 10.5. The molecule has 2 fully saturated rings. The van der Waals surface area contributed by atoms with Crippen molar-refractivity contribution < 1.29 is 23.1 Å². The Hall–Kier alpha value is -2.73. The van der Waals surface area contributed by atoms with E-state index < -0.39 is 13.7 Å². The van der Waals surface area contributed by atoms with Crippen molar-refractivity contribution in [2.75, 3.05) is 13.7 Å². The zero-order chi connectivity index (χ0) is 28.7. The average Bonchev–Trinajstić information content (AvgIpc) is 3.34. The highest BCUT2D eigenvalue weighted by Crippen LogP contribution is 2.66. The predicted molar refractivity (Wildman–Crippen MR) is 159 cm³/mol. The molecule has 1 aromatic heterocycles. The highest BCUT2D eigenvalue weighted by molar-refractivity contribution is 7.52. The van der Waals surface area contributed by atoms with E-state index in [1.807, 2.05) is 36.7 Å². The Morgan fingerprint density at radius 2 is 1.83 bits per heavy atom. The fourth-order valence-electron chi connectivity index (χ4n) is 8.40. The molecular weight excluding hydrogens is 535 g/mol. The number of carbonyl (C=O) groups excluding carboxylic acids is 1. The standard InChI is InChI=1S/C33H41N2O5P/c1-32-17-15-26(40-41(37,35-22-31(36)38-3)39-25-9-5-4-6-10-25)20-24(32)11-12-27-29-14-13-28(23-8-7-19-34-21-23)33(29,2)18-16-30(27)32/h4-11,13,19,21,26-27,29-30H,12,14-18,20,22H2,1-3H3,(H,35,37)/t26-,27-,29-,30-,32-,33+,41?/m0/s1. The van der Waals surface area contributed by atoms with Crippen molar-refractivity contribution in [1.29, 1.82) is 0 Å². The molecule has 1 unspecified atom stereocenters. The third-order valence-corrected chi connectivity index (χ3v) is 12.1. The first-order valence-corrected chi connectivity index (χ1v) is 16.4. The molecule has 218 valence electrons. The quantitative estimate of drug-likeness (QED) is 0.199. The summed E-state index contributed by atoms with van der Waals surface area (Å²) in [6.45, 7) is 4.68. The first kappa shape index (κ1) is 28.4. The SMILES string of the molecule is COC(=O)CNP(=O)(Oc1ccccc1)O[C@H]1CC[C@@]2(C)C(=CC[C@@H]3[C@@H]2CC[C@]2(C)C(c4cccnc4)=CC[C@@H]32)C1. The number of rotatable bonds is 8. The van der Waals surface area contributed by atoms with Gasteiger partial charge in [0.25, 0.3) is 0 Å². The summed E-state index contributed by atoms with van der Waals surface area (Å²) in [6, 6.07) is 13.2. The number of ether oxygens (including phenoxy) is 1. The van der Waals surface area contributed by atoms with E-state index in [0.717, 1.165) is 32.1 Å². The van der Waals surface area contributed by atoms with E-state index in [1.54, 1.807) is 12.1 Å². The van der Waals surface area contributed by atoms with Crippen molar-refractivity contribution in [2.24, 2.45) is 28.6 Å². The van der Waals surface area contributed by atoms with Gasteiger partial charge in [-0.3, -0.25) is 14.3 Å². The van der Waals surface area contributed by atoms with E-state index in [1.165, 1.54) is 36.7 Å². The van der Waals surface area contributed by atoms with Gasteiger partial charge in [-0.05, 0) is 103 Å². The first-order chi connectivity index (χ1) is 19.7. The van der Waals surface area contributed by atoms with Crippen LogP contribution < -0.4 is 9.61 Å². The van der Waals surface area contributed by atoms with Crippen LogP contribution in [0, 0.1) is 28.6 Å². The number of benzene rings is 1. The second kappa shape index (κ2) is 11.2. The first-order valence-electron chi connectivity index (χ1n) is 14.9. The molecule has 1 N–H and O–H groups in total. The molecule has 7 nitrogen and oxygen atoms in total. The molecule has 0 radical (unpaired) electrons. The molecule has 4 aliphatic rings. The summed E-state index contributed by atoms with van der Waals surface area (Å²) < 4.78 is 30.6. The summed E-state index contributed by atoms with van der Waals surface area (Å²) >= 11 is 0. The Balaban J connectivity index is 1.18. The highest BCUT2D eigenvalue weighted by Gasteiger charge is 2.57. The number of nitrogens with one attached hydrogen (secondary N) is 1. The molecule has 7 atom stereocenters. The van der Waals surface area contributed by atoms with E-state index in [-0.39, 0.29) is 23.5 Å². The van der Waals surface area contributed by atoms with Crippen molar-refractivity contribution in [3.8, 4) is 5.75 Å². The van der Waals surface area contributed by atoms with Crippen molar-refractivity contribution in [1.82, 2.24) is 10.1 Å². The van der Waals surface area contributed by atoms with Crippen LogP contribution in [0.3, 0.4) is 0 Å². The number of allylic oxidation sites excluding steroid dienone is 3. The number of methoxy groups -OCH3 is 1. The summed E-state index contributed by atoms with van der Waals surface area (Å²) in [4.78, 5) is 16.2. The van der Waals surface area contributed by atoms with E-state index >= 15 is 0 Å². The number of nitrogens with zero attached hydrogens (tertiary/aromatic N) is 1. The summed E-state index contributed by atoms with van der Waals surface area (Å²) in [5.41, 5.74) is 4.50. The molecule has 4 aliphatic carbocycles. The summed E-state index contributed by atoms with van der Waals surface area (Å²) in [6.07, 6.45) is 15.7.